The van der Waals surface area contributed by atoms with Crippen molar-refractivity contribution in [3.8, 4) is 5.75 Å². The highest BCUT2D eigenvalue weighted by molar-refractivity contribution is 9.10. The quantitative estimate of drug-likeness (QED) is 0.828. The third kappa shape index (κ3) is 4.81. The Balaban J connectivity index is 2.60. The van der Waals surface area contributed by atoms with Crippen LogP contribution in [0.25, 0.3) is 0 Å². The molecule has 19 heavy (non-hydrogen) atoms. The van der Waals surface area contributed by atoms with Gasteiger partial charge in [-0.3, -0.25) is 4.79 Å². The van der Waals surface area contributed by atoms with Gasteiger partial charge in [-0.2, -0.15) is 0 Å². The van der Waals surface area contributed by atoms with Crippen molar-refractivity contribution in [1.29, 1.82) is 0 Å². The zero-order valence-electron chi connectivity index (χ0n) is 11.2. The van der Waals surface area contributed by atoms with Crippen LogP contribution in [0.4, 0.5) is 0 Å². The first kappa shape index (κ1) is 15.9. The molecule has 0 bridgehead atoms. The largest absolute Gasteiger partial charge is 0.496 e. The summed E-state index contributed by atoms with van der Waals surface area (Å²) in [6.45, 7) is 0.829. The molecule has 0 aliphatic heterocycles. The second-order valence-corrected chi connectivity index (χ2v) is 4.73. The fourth-order valence-electron chi connectivity index (χ4n) is 1.51. The summed E-state index contributed by atoms with van der Waals surface area (Å²) in [6, 6.07) is 5.16. The fourth-order valence-corrected chi connectivity index (χ4v) is 2.05. The first-order chi connectivity index (χ1) is 9.12. The molecule has 0 saturated heterocycles. The maximum Gasteiger partial charge on any atom is 0.251 e. The van der Waals surface area contributed by atoms with Gasteiger partial charge in [0.1, 0.15) is 5.75 Å². The average Bonchev–Trinajstić information content (AvgIpc) is 2.42. The zero-order chi connectivity index (χ0) is 14.3. The highest BCUT2D eigenvalue weighted by Gasteiger charge is 2.12. The first-order valence-corrected chi connectivity index (χ1v) is 6.55. The number of carbonyl (C=O) groups excluding carboxylic acids is 1. The molecule has 0 aromatic heterocycles. The molecule has 0 aliphatic carbocycles. The third-order valence-electron chi connectivity index (χ3n) is 2.59. The summed E-state index contributed by atoms with van der Waals surface area (Å²) in [7, 11) is 4.75. The lowest BCUT2D eigenvalue weighted by atomic mass is 10.2. The minimum absolute atomic E-state index is 0.157. The van der Waals surface area contributed by atoms with Crippen LogP contribution in [0.3, 0.4) is 0 Å². The van der Waals surface area contributed by atoms with Gasteiger partial charge >= 0.3 is 0 Å². The lowest BCUT2D eigenvalue weighted by molar-refractivity contribution is 0.0285. The highest BCUT2D eigenvalue weighted by atomic mass is 79.9. The molecule has 0 fully saturated rings. The Hall–Kier alpha value is -1.11. The van der Waals surface area contributed by atoms with Crippen LogP contribution >= 0.6 is 15.9 Å². The number of amides is 1. The standard InChI is InChI=1S/C13H18BrNO4/c1-17-8-10(18-2)7-15-13(16)9-4-5-12(19-3)11(14)6-9/h4-6,10H,7-8H2,1-3H3,(H,15,16). The maximum absolute atomic E-state index is 12.0. The van der Waals surface area contributed by atoms with Gasteiger partial charge in [0.25, 0.3) is 5.91 Å². The van der Waals surface area contributed by atoms with E-state index in [0.29, 0.717) is 24.5 Å². The molecule has 0 radical (unpaired) electrons. The highest BCUT2D eigenvalue weighted by Crippen LogP contribution is 2.25. The van der Waals surface area contributed by atoms with E-state index in [1.165, 1.54) is 0 Å². The van der Waals surface area contributed by atoms with Crippen LogP contribution in [0, 0.1) is 0 Å². The van der Waals surface area contributed by atoms with Crippen LogP contribution in [0.15, 0.2) is 22.7 Å². The molecule has 1 amide bonds. The molecule has 1 atom stereocenters. The van der Waals surface area contributed by atoms with Gasteiger partial charge in [-0.15, -0.1) is 0 Å². The summed E-state index contributed by atoms with van der Waals surface area (Å²) in [5.41, 5.74) is 0.556. The van der Waals surface area contributed by atoms with Crippen LogP contribution in [0.5, 0.6) is 5.75 Å². The van der Waals surface area contributed by atoms with Gasteiger partial charge in [0.2, 0.25) is 0 Å². The van der Waals surface area contributed by atoms with Crippen LogP contribution in [-0.2, 0) is 9.47 Å². The monoisotopic (exact) mass is 331 g/mol. The summed E-state index contributed by atoms with van der Waals surface area (Å²) in [6.07, 6.45) is -0.157. The second-order valence-electron chi connectivity index (χ2n) is 3.87. The number of carbonyl (C=O) groups is 1. The Morgan fingerprint density at radius 1 is 1.37 bits per heavy atom. The van der Waals surface area contributed by atoms with Crippen molar-refractivity contribution in [3.63, 3.8) is 0 Å². The number of rotatable bonds is 7. The van der Waals surface area contributed by atoms with E-state index in [2.05, 4.69) is 21.2 Å². The number of nitrogens with one attached hydrogen (secondary N) is 1. The molecular weight excluding hydrogens is 314 g/mol. The van der Waals surface area contributed by atoms with Gasteiger partial charge in [0.15, 0.2) is 0 Å². The van der Waals surface area contributed by atoms with Crippen molar-refractivity contribution >= 4 is 21.8 Å². The predicted octanol–water partition coefficient (Wildman–Crippen LogP) is 1.85. The zero-order valence-corrected chi connectivity index (χ0v) is 12.8. The lowest BCUT2D eigenvalue weighted by Gasteiger charge is -2.15. The Kier molecular flexibility index (Phi) is 6.83. The Morgan fingerprint density at radius 2 is 2.11 bits per heavy atom. The Labute approximate surface area is 121 Å². The summed E-state index contributed by atoms with van der Waals surface area (Å²) < 4.78 is 16.0. The van der Waals surface area contributed by atoms with E-state index in [0.717, 1.165) is 4.47 Å². The number of methoxy groups -OCH3 is 3. The van der Waals surface area contributed by atoms with Crippen LogP contribution < -0.4 is 10.1 Å². The average molecular weight is 332 g/mol. The predicted molar refractivity (Wildman–Crippen MR) is 75.7 cm³/mol. The van der Waals surface area contributed by atoms with Crippen molar-refractivity contribution in [2.24, 2.45) is 0 Å². The number of hydrogen-bond donors (Lipinski definition) is 1. The second kappa shape index (κ2) is 8.14. The topological polar surface area (TPSA) is 56.8 Å². The van der Waals surface area contributed by atoms with Gasteiger partial charge in [0.05, 0.1) is 24.3 Å². The van der Waals surface area contributed by atoms with Crippen molar-refractivity contribution in [1.82, 2.24) is 5.32 Å². The number of ether oxygens (including phenoxy) is 3. The summed E-state index contributed by atoms with van der Waals surface area (Å²) in [5, 5.41) is 2.79. The molecule has 0 heterocycles. The SMILES string of the molecule is COCC(CNC(=O)c1ccc(OC)c(Br)c1)OC. The smallest absolute Gasteiger partial charge is 0.251 e. The molecule has 1 aromatic carbocycles. The molecule has 6 heteroatoms. The van der Waals surface area contributed by atoms with E-state index >= 15 is 0 Å². The van der Waals surface area contributed by atoms with E-state index in [4.69, 9.17) is 14.2 Å². The van der Waals surface area contributed by atoms with Gasteiger partial charge in [-0.05, 0) is 34.1 Å². The maximum atomic E-state index is 12.0. The van der Waals surface area contributed by atoms with Crippen molar-refractivity contribution in [3.05, 3.63) is 28.2 Å². The van der Waals surface area contributed by atoms with Gasteiger partial charge in [-0.25, -0.2) is 0 Å². The first-order valence-electron chi connectivity index (χ1n) is 5.75. The fraction of sp³-hybridized carbons (Fsp3) is 0.462. The van der Waals surface area contributed by atoms with E-state index in [1.54, 1.807) is 39.5 Å². The van der Waals surface area contributed by atoms with Crippen LogP contribution in [0.2, 0.25) is 0 Å². The molecule has 1 unspecified atom stereocenters. The van der Waals surface area contributed by atoms with Crippen LogP contribution in [0.1, 0.15) is 10.4 Å². The van der Waals surface area contributed by atoms with E-state index in [-0.39, 0.29) is 12.0 Å². The molecule has 1 rings (SSSR count). The Bertz CT molecular complexity index is 425. The van der Waals surface area contributed by atoms with E-state index in [1.807, 2.05) is 0 Å². The Morgan fingerprint density at radius 3 is 2.63 bits per heavy atom. The summed E-state index contributed by atoms with van der Waals surface area (Å²) in [5.74, 6) is 0.521. The minimum atomic E-state index is -0.165. The van der Waals surface area contributed by atoms with Gasteiger partial charge in [-0.1, -0.05) is 0 Å². The molecule has 1 N–H and O–H groups in total. The molecule has 5 nitrogen and oxygen atoms in total. The number of benzene rings is 1. The molecule has 106 valence electrons. The van der Waals surface area contributed by atoms with Crippen molar-refractivity contribution in [2.75, 3.05) is 34.5 Å². The van der Waals surface area contributed by atoms with Gasteiger partial charge in [0, 0.05) is 26.3 Å². The van der Waals surface area contributed by atoms with E-state index in [9.17, 15) is 4.79 Å². The molecule has 0 aliphatic rings. The van der Waals surface area contributed by atoms with E-state index < -0.39 is 0 Å². The molecule has 1 aromatic rings. The molecule has 0 spiro atoms. The summed E-state index contributed by atoms with van der Waals surface area (Å²) in [4.78, 5) is 12.0. The molecular formula is C13H18BrNO4. The molecule has 0 saturated carbocycles. The van der Waals surface area contributed by atoms with Crippen LogP contribution in [-0.4, -0.2) is 46.5 Å². The number of halogens is 1. The lowest BCUT2D eigenvalue weighted by Crippen LogP contribution is -2.35. The number of hydrogen-bond acceptors (Lipinski definition) is 4. The van der Waals surface area contributed by atoms with Crippen molar-refractivity contribution < 1.29 is 19.0 Å². The normalized spacial score (nSPS) is 12.0. The van der Waals surface area contributed by atoms with Gasteiger partial charge < -0.3 is 19.5 Å². The summed E-state index contributed by atoms with van der Waals surface area (Å²) >= 11 is 3.34. The minimum Gasteiger partial charge on any atom is -0.496 e. The third-order valence-corrected chi connectivity index (χ3v) is 3.21. The van der Waals surface area contributed by atoms with Crippen molar-refractivity contribution in [2.45, 2.75) is 6.10 Å².